The van der Waals surface area contributed by atoms with Crippen LogP contribution in [0.2, 0.25) is 0 Å². The van der Waals surface area contributed by atoms with E-state index in [1.807, 2.05) is 7.05 Å². The molecule has 0 amide bonds. The van der Waals surface area contributed by atoms with E-state index in [-0.39, 0.29) is 0 Å². The molecule has 3 nitrogen and oxygen atoms in total. The smallest absolute Gasteiger partial charge is 0.0471 e. The van der Waals surface area contributed by atoms with Crippen LogP contribution in [0.5, 0.6) is 0 Å². The van der Waals surface area contributed by atoms with Crippen LogP contribution in [0.15, 0.2) is 0 Å². The minimum atomic E-state index is 0.419. The third-order valence-electron chi connectivity index (χ3n) is 3.09. The first-order valence-electron chi connectivity index (χ1n) is 5.63. The molecule has 1 fully saturated rings. The molecule has 0 saturated carbocycles. The van der Waals surface area contributed by atoms with E-state index in [0.29, 0.717) is 5.41 Å². The van der Waals surface area contributed by atoms with Crippen LogP contribution in [0, 0.1) is 5.41 Å². The van der Waals surface area contributed by atoms with Crippen LogP contribution in [0.3, 0.4) is 0 Å². The van der Waals surface area contributed by atoms with Gasteiger partial charge in [-0.25, -0.2) is 0 Å². The van der Waals surface area contributed by atoms with Crippen molar-refractivity contribution in [3.63, 3.8) is 0 Å². The fraction of sp³-hybridized carbons (Fsp3) is 1.00. The molecule has 0 bridgehead atoms. The highest BCUT2D eigenvalue weighted by Gasteiger charge is 2.31. The summed E-state index contributed by atoms with van der Waals surface area (Å²) in [5.74, 6) is 0. The summed E-state index contributed by atoms with van der Waals surface area (Å²) in [5, 5.41) is 3.29. The van der Waals surface area contributed by atoms with E-state index in [4.69, 9.17) is 9.47 Å². The molecule has 0 aromatic rings. The van der Waals surface area contributed by atoms with Crippen molar-refractivity contribution in [2.24, 2.45) is 5.41 Å². The average molecular weight is 201 g/mol. The summed E-state index contributed by atoms with van der Waals surface area (Å²) in [6.45, 7) is 6.67. The minimum absolute atomic E-state index is 0.419. The van der Waals surface area contributed by atoms with Gasteiger partial charge in [-0.05, 0) is 38.6 Å². The predicted octanol–water partition coefficient (Wildman–Crippen LogP) is 1.43. The molecular weight excluding hydrogens is 178 g/mol. The molecule has 0 spiro atoms. The summed E-state index contributed by atoms with van der Waals surface area (Å²) in [4.78, 5) is 0. The van der Waals surface area contributed by atoms with E-state index in [1.54, 1.807) is 0 Å². The van der Waals surface area contributed by atoms with Gasteiger partial charge in [0.15, 0.2) is 0 Å². The van der Waals surface area contributed by atoms with Crippen molar-refractivity contribution in [3.8, 4) is 0 Å². The Hall–Kier alpha value is -0.120. The summed E-state index contributed by atoms with van der Waals surface area (Å²) >= 11 is 0. The number of nitrogens with one attached hydrogen (secondary N) is 1. The SMILES string of the molecule is CCOCCC1(CNC)CCOCC1. The van der Waals surface area contributed by atoms with Gasteiger partial charge in [-0.15, -0.1) is 0 Å². The van der Waals surface area contributed by atoms with Crippen LogP contribution in [-0.2, 0) is 9.47 Å². The molecule has 0 atom stereocenters. The van der Waals surface area contributed by atoms with E-state index in [1.165, 1.54) is 12.8 Å². The summed E-state index contributed by atoms with van der Waals surface area (Å²) in [6.07, 6.45) is 3.49. The molecule has 1 aliphatic rings. The third kappa shape index (κ3) is 3.56. The second-order valence-corrected chi connectivity index (χ2v) is 4.09. The van der Waals surface area contributed by atoms with Crippen molar-refractivity contribution in [2.75, 3.05) is 40.0 Å². The van der Waals surface area contributed by atoms with Crippen LogP contribution in [0.1, 0.15) is 26.2 Å². The fourth-order valence-electron chi connectivity index (χ4n) is 2.13. The van der Waals surface area contributed by atoms with E-state index in [9.17, 15) is 0 Å². The van der Waals surface area contributed by atoms with Crippen molar-refractivity contribution in [3.05, 3.63) is 0 Å². The molecule has 0 aromatic heterocycles. The number of rotatable bonds is 6. The number of hydrogen-bond acceptors (Lipinski definition) is 3. The highest BCUT2D eigenvalue weighted by atomic mass is 16.5. The molecule has 1 heterocycles. The number of ether oxygens (including phenoxy) is 2. The van der Waals surface area contributed by atoms with Crippen molar-refractivity contribution >= 4 is 0 Å². The summed E-state index contributed by atoms with van der Waals surface area (Å²) in [5.41, 5.74) is 0.419. The monoisotopic (exact) mass is 201 g/mol. The minimum Gasteiger partial charge on any atom is -0.382 e. The fourth-order valence-corrected chi connectivity index (χ4v) is 2.13. The summed E-state index contributed by atoms with van der Waals surface area (Å²) < 4.78 is 10.8. The lowest BCUT2D eigenvalue weighted by Crippen LogP contribution is -2.38. The molecule has 0 radical (unpaired) electrons. The van der Waals surface area contributed by atoms with Gasteiger partial charge in [0.05, 0.1) is 0 Å². The molecule has 1 N–H and O–H groups in total. The van der Waals surface area contributed by atoms with Gasteiger partial charge in [0.1, 0.15) is 0 Å². The van der Waals surface area contributed by atoms with E-state index in [0.717, 1.165) is 39.4 Å². The van der Waals surface area contributed by atoms with Crippen molar-refractivity contribution < 1.29 is 9.47 Å². The Morgan fingerprint density at radius 1 is 1.36 bits per heavy atom. The Bertz CT molecular complexity index is 139. The van der Waals surface area contributed by atoms with E-state index in [2.05, 4.69) is 12.2 Å². The highest BCUT2D eigenvalue weighted by Crippen LogP contribution is 2.33. The predicted molar refractivity (Wildman–Crippen MR) is 57.5 cm³/mol. The Morgan fingerprint density at radius 2 is 2.07 bits per heavy atom. The molecule has 0 aliphatic carbocycles. The van der Waals surface area contributed by atoms with Gasteiger partial charge in [-0.2, -0.15) is 0 Å². The van der Waals surface area contributed by atoms with Gasteiger partial charge in [0.2, 0.25) is 0 Å². The van der Waals surface area contributed by atoms with Gasteiger partial charge in [0, 0.05) is 33.0 Å². The van der Waals surface area contributed by atoms with Crippen LogP contribution in [0.25, 0.3) is 0 Å². The van der Waals surface area contributed by atoms with Crippen LogP contribution in [-0.4, -0.2) is 40.0 Å². The Kier molecular flexibility index (Phi) is 5.45. The maximum Gasteiger partial charge on any atom is 0.0471 e. The molecule has 84 valence electrons. The molecule has 14 heavy (non-hydrogen) atoms. The van der Waals surface area contributed by atoms with Gasteiger partial charge in [-0.3, -0.25) is 0 Å². The van der Waals surface area contributed by atoms with Crippen molar-refractivity contribution in [1.29, 1.82) is 0 Å². The number of hydrogen-bond donors (Lipinski definition) is 1. The highest BCUT2D eigenvalue weighted by molar-refractivity contribution is 4.83. The van der Waals surface area contributed by atoms with Crippen LogP contribution in [0.4, 0.5) is 0 Å². The van der Waals surface area contributed by atoms with Crippen molar-refractivity contribution in [2.45, 2.75) is 26.2 Å². The Labute approximate surface area is 87.2 Å². The quantitative estimate of drug-likeness (QED) is 0.659. The van der Waals surface area contributed by atoms with Crippen LogP contribution < -0.4 is 5.32 Å². The third-order valence-corrected chi connectivity index (χ3v) is 3.09. The first-order valence-corrected chi connectivity index (χ1v) is 5.63. The maximum atomic E-state index is 5.44. The zero-order chi connectivity index (χ0) is 10.3. The van der Waals surface area contributed by atoms with Gasteiger partial charge >= 0.3 is 0 Å². The lowest BCUT2D eigenvalue weighted by atomic mass is 9.77. The van der Waals surface area contributed by atoms with E-state index < -0.39 is 0 Å². The molecule has 3 heteroatoms. The van der Waals surface area contributed by atoms with Crippen LogP contribution >= 0.6 is 0 Å². The zero-order valence-corrected chi connectivity index (χ0v) is 9.47. The standard InChI is InChI=1S/C11H23NO2/c1-3-13-7-4-11(10-12-2)5-8-14-9-6-11/h12H,3-10H2,1-2H3. The Balaban J connectivity index is 2.34. The topological polar surface area (TPSA) is 30.5 Å². The zero-order valence-electron chi connectivity index (χ0n) is 9.47. The van der Waals surface area contributed by atoms with Crippen molar-refractivity contribution in [1.82, 2.24) is 5.32 Å². The van der Waals surface area contributed by atoms with E-state index >= 15 is 0 Å². The average Bonchev–Trinajstić information content (AvgIpc) is 2.20. The molecule has 0 unspecified atom stereocenters. The second kappa shape index (κ2) is 6.38. The normalized spacial score (nSPS) is 21.0. The molecule has 1 rings (SSSR count). The lowest BCUT2D eigenvalue weighted by molar-refractivity contribution is -0.00418. The second-order valence-electron chi connectivity index (χ2n) is 4.09. The van der Waals surface area contributed by atoms with Gasteiger partial charge < -0.3 is 14.8 Å². The molecule has 0 aromatic carbocycles. The Morgan fingerprint density at radius 3 is 2.64 bits per heavy atom. The molecule has 1 aliphatic heterocycles. The largest absolute Gasteiger partial charge is 0.382 e. The summed E-state index contributed by atoms with van der Waals surface area (Å²) in [7, 11) is 2.03. The van der Waals surface area contributed by atoms with Gasteiger partial charge in [0.25, 0.3) is 0 Å². The lowest BCUT2D eigenvalue weighted by Gasteiger charge is -2.37. The van der Waals surface area contributed by atoms with Gasteiger partial charge in [-0.1, -0.05) is 0 Å². The first kappa shape index (κ1) is 12.0. The summed E-state index contributed by atoms with van der Waals surface area (Å²) in [6, 6.07) is 0. The molecule has 1 saturated heterocycles. The molecular formula is C11H23NO2. The maximum absolute atomic E-state index is 5.44. The first-order chi connectivity index (χ1) is 6.83.